The molecule has 25 heavy (non-hydrogen) atoms. The van der Waals surface area contributed by atoms with E-state index in [9.17, 15) is 14.7 Å². The second-order valence-corrected chi connectivity index (χ2v) is 7.92. The molecule has 2 unspecified atom stereocenters. The Kier molecular flexibility index (Phi) is 8.10. The predicted octanol–water partition coefficient (Wildman–Crippen LogP) is 3.13. The van der Waals surface area contributed by atoms with Crippen molar-refractivity contribution in [3.05, 3.63) is 29.8 Å². The molecule has 2 atom stereocenters. The zero-order chi connectivity index (χ0) is 19.0. The third-order valence-electron chi connectivity index (χ3n) is 4.10. The van der Waals surface area contributed by atoms with Gasteiger partial charge in [0.05, 0.1) is 12.5 Å². The van der Waals surface area contributed by atoms with E-state index in [2.05, 4.69) is 10.6 Å². The summed E-state index contributed by atoms with van der Waals surface area (Å²) in [6, 6.07) is 7.27. The van der Waals surface area contributed by atoms with Crippen molar-refractivity contribution in [2.24, 2.45) is 11.3 Å². The Morgan fingerprint density at radius 1 is 1.12 bits per heavy atom. The van der Waals surface area contributed by atoms with Gasteiger partial charge in [-0.2, -0.15) is 0 Å². The fourth-order valence-electron chi connectivity index (χ4n) is 2.33. The largest absolute Gasteiger partial charge is 0.391 e. The number of hydrogen-bond acceptors (Lipinski definition) is 3. The van der Waals surface area contributed by atoms with Crippen LogP contribution in [0.4, 0.5) is 5.69 Å². The summed E-state index contributed by atoms with van der Waals surface area (Å²) in [6.07, 6.45) is 1.06. The van der Waals surface area contributed by atoms with Gasteiger partial charge in [-0.25, -0.2) is 0 Å². The molecule has 1 aromatic carbocycles. The minimum absolute atomic E-state index is 0.0166. The maximum absolute atomic E-state index is 12.0. The topological polar surface area (TPSA) is 78.4 Å². The zero-order valence-corrected chi connectivity index (χ0v) is 16.1. The van der Waals surface area contributed by atoms with Crippen LogP contribution >= 0.6 is 0 Å². The van der Waals surface area contributed by atoms with E-state index >= 15 is 0 Å². The van der Waals surface area contributed by atoms with Gasteiger partial charge in [-0.15, -0.1) is 0 Å². The molecule has 140 valence electrons. The first-order valence-corrected chi connectivity index (χ1v) is 8.94. The first-order valence-electron chi connectivity index (χ1n) is 8.94. The number of hydrogen-bond donors (Lipinski definition) is 3. The van der Waals surface area contributed by atoms with Crippen molar-refractivity contribution in [1.29, 1.82) is 0 Å². The summed E-state index contributed by atoms with van der Waals surface area (Å²) in [5, 5.41) is 15.5. The van der Waals surface area contributed by atoms with Gasteiger partial charge in [-0.05, 0) is 29.0 Å². The molecule has 0 fully saturated rings. The molecular weight excluding hydrogens is 316 g/mol. The van der Waals surface area contributed by atoms with E-state index in [-0.39, 0.29) is 36.1 Å². The van der Waals surface area contributed by atoms with Crippen LogP contribution in [0.5, 0.6) is 0 Å². The molecule has 0 aliphatic carbocycles. The number of aliphatic hydroxyl groups excluding tert-OH is 1. The lowest BCUT2D eigenvalue weighted by atomic mass is 9.92. The average molecular weight is 348 g/mol. The Morgan fingerprint density at radius 2 is 1.72 bits per heavy atom. The summed E-state index contributed by atoms with van der Waals surface area (Å²) in [4.78, 5) is 23.9. The van der Waals surface area contributed by atoms with E-state index in [4.69, 9.17) is 0 Å². The van der Waals surface area contributed by atoms with E-state index in [1.165, 1.54) is 0 Å². The fraction of sp³-hybridized carbons (Fsp3) is 0.600. The lowest BCUT2D eigenvalue weighted by molar-refractivity contribution is -0.121. The average Bonchev–Trinajstić information content (AvgIpc) is 2.51. The molecule has 0 heterocycles. The molecular formula is C20H32N2O3. The van der Waals surface area contributed by atoms with E-state index in [1.807, 2.05) is 46.8 Å². The van der Waals surface area contributed by atoms with Crippen molar-refractivity contribution in [2.45, 2.75) is 60.0 Å². The summed E-state index contributed by atoms with van der Waals surface area (Å²) in [6.45, 7) is 10.3. The van der Waals surface area contributed by atoms with Crippen LogP contribution in [0.15, 0.2) is 24.3 Å². The molecule has 0 bridgehead atoms. The summed E-state index contributed by atoms with van der Waals surface area (Å²) in [7, 11) is 0. The monoisotopic (exact) mass is 348 g/mol. The van der Waals surface area contributed by atoms with Crippen molar-refractivity contribution in [1.82, 2.24) is 5.32 Å². The Balaban J connectivity index is 2.46. The van der Waals surface area contributed by atoms with Gasteiger partial charge in [0.25, 0.3) is 0 Å². The number of nitrogens with one attached hydrogen (secondary N) is 2. The van der Waals surface area contributed by atoms with Gasteiger partial charge in [-0.3, -0.25) is 9.59 Å². The van der Waals surface area contributed by atoms with E-state index in [0.717, 1.165) is 17.7 Å². The SMILES string of the molecule is CCC(C)C(O)CNC(=O)Cc1ccc(NC(=O)CC(C)(C)C)cc1. The summed E-state index contributed by atoms with van der Waals surface area (Å²) in [5.41, 5.74) is 1.54. The number of anilines is 1. The first-order chi connectivity index (χ1) is 11.6. The smallest absolute Gasteiger partial charge is 0.224 e. The van der Waals surface area contributed by atoms with Crippen molar-refractivity contribution in [2.75, 3.05) is 11.9 Å². The van der Waals surface area contributed by atoms with Crippen molar-refractivity contribution in [3.8, 4) is 0 Å². The number of aliphatic hydroxyl groups is 1. The maximum Gasteiger partial charge on any atom is 0.224 e. The lowest BCUT2D eigenvalue weighted by Crippen LogP contribution is -2.36. The fourth-order valence-corrected chi connectivity index (χ4v) is 2.33. The second kappa shape index (κ2) is 9.56. The standard InChI is InChI=1S/C20H32N2O3/c1-6-14(2)17(23)13-21-18(24)11-15-7-9-16(10-8-15)22-19(25)12-20(3,4)5/h7-10,14,17,23H,6,11-13H2,1-5H3,(H,21,24)(H,22,25). The normalized spacial score (nSPS) is 13.8. The van der Waals surface area contributed by atoms with Crippen LogP contribution in [0.2, 0.25) is 0 Å². The van der Waals surface area contributed by atoms with Crippen LogP contribution < -0.4 is 10.6 Å². The highest BCUT2D eigenvalue weighted by molar-refractivity contribution is 5.91. The van der Waals surface area contributed by atoms with Gasteiger partial charge >= 0.3 is 0 Å². The quantitative estimate of drug-likeness (QED) is 0.675. The molecule has 2 amide bonds. The van der Waals surface area contributed by atoms with Crippen LogP contribution in [-0.4, -0.2) is 29.6 Å². The Morgan fingerprint density at radius 3 is 2.24 bits per heavy atom. The number of amides is 2. The van der Waals surface area contributed by atoms with Crippen molar-refractivity contribution < 1.29 is 14.7 Å². The molecule has 5 heteroatoms. The summed E-state index contributed by atoms with van der Waals surface area (Å²) < 4.78 is 0. The maximum atomic E-state index is 12.0. The minimum Gasteiger partial charge on any atom is -0.391 e. The molecule has 1 rings (SSSR count). The molecule has 1 aromatic rings. The van der Waals surface area contributed by atoms with Crippen molar-refractivity contribution >= 4 is 17.5 Å². The van der Waals surface area contributed by atoms with E-state index in [1.54, 1.807) is 12.1 Å². The van der Waals surface area contributed by atoms with Gasteiger partial charge in [0.1, 0.15) is 0 Å². The number of rotatable bonds is 8. The molecule has 5 nitrogen and oxygen atoms in total. The zero-order valence-electron chi connectivity index (χ0n) is 16.1. The number of carbonyl (C=O) groups is 2. The third-order valence-corrected chi connectivity index (χ3v) is 4.10. The van der Waals surface area contributed by atoms with Gasteiger partial charge in [0.15, 0.2) is 0 Å². The van der Waals surface area contributed by atoms with Crippen LogP contribution in [0.3, 0.4) is 0 Å². The third kappa shape index (κ3) is 8.68. The highest BCUT2D eigenvalue weighted by Gasteiger charge is 2.16. The summed E-state index contributed by atoms with van der Waals surface area (Å²) in [5.74, 6) is 0.0280. The summed E-state index contributed by atoms with van der Waals surface area (Å²) >= 11 is 0. The van der Waals surface area contributed by atoms with Gasteiger partial charge in [0.2, 0.25) is 11.8 Å². The molecule has 0 aliphatic rings. The molecule has 0 aliphatic heterocycles. The van der Waals surface area contributed by atoms with Crippen molar-refractivity contribution in [3.63, 3.8) is 0 Å². The predicted molar refractivity (Wildman–Crippen MR) is 101 cm³/mol. The Bertz CT molecular complexity index is 561. The first kappa shape index (κ1) is 21.2. The molecule has 3 N–H and O–H groups in total. The van der Waals surface area contributed by atoms with Crippen LogP contribution in [0.25, 0.3) is 0 Å². The minimum atomic E-state index is -0.519. The Labute approximate surface area is 151 Å². The van der Waals surface area contributed by atoms with Crippen LogP contribution in [0.1, 0.15) is 53.0 Å². The Hall–Kier alpha value is -1.88. The lowest BCUT2D eigenvalue weighted by Gasteiger charge is -2.18. The van der Waals surface area contributed by atoms with Crippen LogP contribution in [0, 0.1) is 11.3 Å². The van der Waals surface area contributed by atoms with E-state index in [0.29, 0.717) is 6.42 Å². The highest BCUT2D eigenvalue weighted by atomic mass is 16.3. The van der Waals surface area contributed by atoms with E-state index < -0.39 is 6.10 Å². The molecule has 0 saturated heterocycles. The van der Waals surface area contributed by atoms with Gasteiger partial charge in [-0.1, -0.05) is 53.2 Å². The van der Waals surface area contributed by atoms with Gasteiger partial charge in [0, 0.05) is 18.7 Å². The second-order valence-electron chi connectivity index (χ2n) is 7.92. The molecule has 0 aromatic heterocycles. The highest BCUT2D eigenvalue weighted by Crippen LogP contribution is 2.19. The van der Waals surface area contributed by atoms with Crippen LogP contribution in [-0.2, 0) is 16.0 Å². The molecule has 0 radical (unpaired) electrons. The number of benzene rings is 1. The number of carbonyl (C=O) groups excluding carboxylic acids is 2. The molecule has 0 saturated carbocycles. The van der Waals surface area contributed by atoms with Gasteiger partial charge < -0.3 is 15.7 Å². The molecule has 0 spiro atoms.